The predicted molar refractivity (Wildman–Crippen MR) is 104 cm³/mol. The van der Waals surface area contributed by atoms with Crippen molar-refractivity contribution in [1.82, 2.24) is 0 Å². The van der Waals surface area contributed by atoms with Crippen LogP contribution in [0.15, 0.2) is 11.6 Å². The van der Waals surface area contributed by atoms with Crippen molar-refractivity contribution in [3.05, 3.63) is 11.6 Å². The van der Waals surface area contributed by atoms with Gasteiger partial charge in [0.1, 0.15) is 0 Å². The predicted octanol–water partition coefficient (Wildman–Crippen LogP) is 7.10. The van der Waals surface area contributed by atoms with Crippen molar-refractivity contribution in [1.29, 1.82) is 0 Å². The van der Waals surface area contributed by atoms with E-state index in [1.807, 2.05) is 5.57 Å². The van der Waals surface area contributed by atoms with Crippen LogP contribution in [0.25, 0.3) is 0 Å². The van der Waals surface area contributed by atoms with Crippen molar-refractivity contribution in [2.45, 2.75) is 86.5 Å². The van der Waals surface area contributed by atoms with Crippen molar-refractivity contribution in [2.24, 2.45) is 52.3 Å². The van der Waals surface area contributed by atoms with Crippen LogP contribution in [0, 0.1) is 52.3 Å². The lowest BCUT2D eigenvalue weighted by atomic mass is 9.43. The first-order chi connectivity index (χ1) is 11.3. The van der Waals surface area contributed by atoms with Crippen molar-refractivity contribution in [3.8, 4) is 0 Å². The van der Waals surface area contributed by atoms with Crippen LogP contribution in [0.5, 0.6) is 0 Å². The monoisotopic (exact) mass is 328 g/mol. The van der Waals surface area contributed by atoms with E-state index in [0.717, 1.165) is 41.4 Å². The molecule has 8 unspecified atom stereocenters. The fourth-order valence-corrected chi connectivity index (χ4v) is 8.52. The normalized spacial score (nSPS) is 54.0. The van der Waals surface area contributed by atoms with Gasteiger partial charge in [-0.1, -0.05) is 59.6 Å². The molecule has 0 heteroatoms. The van der Waals surface area contributed by atoms with E-state index in [2.05, 4.69) is 47.6 Å². The van der Waals surface area contributed by atoms with E-state index in [1.54, 1.807) is 0 Å². The summed E-state index contributed by atoms with van der Waals surface area (Å²) in [5.41, 5.74) is 3.00. The molecular weight excluding hydrogens is 288 g/mol. The molecule has 0 spiro atoms. The summed E-state index contributed by atoms with van der Waals surface area (Å²) in [4.78, 5) is 0. The second-order valence-electron chi connectivity index (χ2n) is 10.9. The molecule has 0 aromatic heterocycles. The third-order valence-electron chi connectivity index (χ3n) is 9.81. The van der Waals surface area contributed by atoms with Crippen LogP contribution in [-0.2, 0) is 0 Å². The Kier molecular flexibility index (Phi) is 4.02. The smallest absolute Gasteiger partial charge is 0.00850 e. The molecule has 0 saturated heterocycles. The Morgan fingerprint density at radius 2 is 1.79 bits per heavy atom. The summed E-state index contributed by atoms with van der Waals surface area (Å²) in [7, 11) is 0. The van der Waals surface area contributed by atoms with Crippen LogP contribution in [0.2, 0.25) is 0 Å². The minimum absolute atomic E-state index is 0.543. The molecule has 0 radical (unpaired) electrons. The molecule has 0 heterocycles. The number of rotatable bonds is 1. The van der Waals surface area contributed by atoms with Crippen LogP contribution < -0.4 is 0 Å². The molecule has 24 heavy (non-hydrogen) atoms. The Morgan fingerprint density at radius 1 is 1.04 bits per heavy atom. The zero-order valence-corrected chi connectivity index (χ0v) is 17.1. The van der Waals surface area contributed by atoms with Crippen molar-refractivity contribution < 1.29 is 0 Å². The Balaban J connectivity index is 1.76. The molecular formula is C24H40. The second kappa shape index (κ2) is 5.62. The number of allylic oxidation sites excluding steroid dienone is 2. The van der Waals surface area contributed by atoms with E-state index in [9.17, 15) is 0 Å². The van der Waals surface area contributed by atoms with E-state index < -0.39 is 0 Å². The molecule has 0 aliphatic heterocycles. The van der Waals surface area contributed by atoms with Gasteiger partial charge < -0.3 is 0 Å². The summed E-state index contributed by atoms with van der Waals surface area (Å²) in [6.45, 7) is 15.5. The van der Waals surface area contributed by atoms with Gasteiger partial charge in [-0.3, -0.25) is 0 Å². The van der Waals surface area contributed by atoms with Gasteiger partial charge in [0.2, 0.25) is 0 Å². The summed E-state index contributed by atoms with van der Waals surface area (Å²) < 4.78 is 0. The molecule has 0 nitrogen and oxygen atoms in total. The van der Waals surface area contributed by atoms with Gasteiger partial charge in [-0.15, -0.1) is 0 Å². The van der Waals surface area contributed by atoms with Crippen LogP contribution >= 0.6 is 0 Å². The Morgan fingerprint density at radius 3 is 2.50 bits per heavy atom. The third-order valence-corrected chi connectivity index (χ3v) is 9.81. The molecule has 0 amide bonds. The van der Waals surface area contributed by atoms with E-state index in [4.69, 9.17) is 0 Å². The van der Waals surface area contributed by atoms with Gasteiger partial charge in [0, 0.05) is 0 Å². The van der Waals surface area contributed by atoms with Crippen molar-refractivity contribution in [2.75, 3.05) is 0 Å². The summed E-state index contributed by atoms with van der Waals surface area (Å²) in [6, 6.07) is 0. The van der Waals surface area contributed by atoms with Crippen molar-refractivity contribution in [3.63, 3.8) is 0 Å². The van der Waals surface area contributed by atoms with E-state index >= 15 is 0 Å². The minimum Gasteiger partial charge on any atom is -0.0816 e. The average molecular weight is 329 g/mol. The lowest BCUT2D eigenvalue weighted by Crippen LogP contribution is -2.55. The average Bonchev–Trinajstić information content (AvgIpc) is 2.88. The van der Waals surface area contributed by atoms with Gasteiger partial charge in [0.25, 0.3) is 0 Å². The topological polar surface area (TPSA) is 0 Å². The van der Waals surface area contributed by atoms with Gasteiger partial charge in [-0.2, -0.15) is 0 Å². The van der Waals surface area contributed by atoms with Crippen LogP contribution in [0.3, 0.4) is 0 Å². The highest BCUT2D eigenvalue weighted by molar-refractivity contribution is 5.26. The first-order valence-electron chi connectivity index (χ1n) is 11.0. The fourth-order valence-electron chi connectivity index (χ4n) is 8.52. The standard InChI is InChI=1S/C24H40/c1-15(2)19-10-11-20-22-16(3)13-18-9-7-8-12-23(18,5)21(22)14-17(4)24(19,20)6/h13,15-17,19-22H,7-12,14H2,1-6H3. The highest BCUT2D eigenvalue weighted by Gasteiger charge is 2.62. The zero-order valence-electron chi connectivity index (χ0n) is 17.1. The lowest BCUT2D eigenvalue weighted by molar-refractivity contribution is -0.0997. The molecule has 8 atom stereocenters. The molecule has 3 saturated carbocycles. The van der Waals surface area contributed by atoms with E-state index in [-0.39, 0.29) is 0 Å². The summed E-state index contributed by atoms with van der Waals surface area (Å²) in [6.07, 6.45) is 13.0. The molecule has 4 aliphatic carbocycles. The summed E-state index contributed by atoms with van der Waals surface area (Å²) >= 11 is 0. The van der Waals surface area contributed by atoms with Gasteiger partial charge in [0.05, 0.1) is 0 Å². The van der Waals surface area contributed by atoms with Crippen LogP contribution in [0.1, 0.15) is 86.5 Å². The minimum atomic E-state index is 0.543. The van der Waals surface area contributed by atoms with Crippen molar-refractivity contribution >= 4 is 0 Å². The van der Waals surface area contributed by atoms with Gasteiger partial charge >= 0.3 is 0 Å². The Labute approximate surface area is 150 Å². The zero-order chi connectivity index (χ0) is 17.3. The third kappa shape index (κ3) is 2.10. The Bertz CT molecular complexity index is 528. The molecule has 0 N–H and O–H groups in total. The van der Waals surface area contributed by atoms with Crippen LogP contribution in [-0.4, -0.2) is 0 Å². The van der Waals surface area contributed by atoms with Crippen LogP contribution in [0.4, 0.5) is 0 Å². The first kappa shape index (κ1) is 17.2. The summed E-state index contributed by atoms with van der Waals surface area (Å²) in [5.74, 6) is 6.44. The molecule has 4 aliphatic rings. The molecule has 0 aromatic carbocycles. The summed E-state index contributed by atoms with van der Waals surface area (Å²) in [5, 5.41) is 0. The highest BCUT2D eigenvalue weighted by Crippen LogP contribution is 2.69. The molecule has 0 bridgehead atoms. The number of fused-ring (bicyclic) bond motifs is 5. The highest BCUT2D eigenvalue weighted by atomic mass is 14.7. The van der Waals surface area contributed by atoms with E-state index in [1.165, 1.54) is 44.9 Å². The maximum Gasteiger partial charge on any atom is -0.00850 e. The van der Waals surface area contributed by atoms with E-state index in [0.29, 0.717) is 10.8 Å². The number of hydrogen-bond acceptors (Lipinski definition) is 0. The quantitative estimate of drug-likeness (QED) is 0.450. The van der Waals surface area contributed by atoms with Gasteiger partial charge in [0.15, 0.2) is 0 Å². The molecule has 0 aromatic rings. The largest absolute Gasteiger partial charge is 0.0816 e. The lowest BCUT2D eigenvalue weighted by Gasteiger charge is -2.62. The first-order valence-corrected chi connectivity index (χ1v) is 11.0. The maximum atomic E-state index is 2.76. The Hall–Kier alpha value is -0.260. The van der Waals surface area contributed by atoms with Gasteiger partial charge in [-0.05, 0) is 90.8 Å². The molecule has 136 valence electrons. The number of hydrogen-bond donors (Lipinski definition) is 0. The SMILES string of the molecule is CC(C)C1CCC2C3C(C)C=C4CCCCC4(C)C3CC(C)C12C. The van der Waals surface area contributed by atoms with Gasteiger partial charge in [-0.25, -0.2) is 0 Å². The second-order valence-corrected chi connectivity index (χ2v) is 10.9. The molecule has 4 rings (SSSR count). The maximum absolute atomic E-state index is 2.76. The fraction of sp³-hybridized carbons (Fsp3) is 0.917. The molecule has 3 fully saturated rings.